The van der Waals surface area contributed by atoms with Crippen molar-refractivity contribution in [3.05, 3.63) is 35.4 Å². The maximum Gasteiger partial charge on any atom is 0.401 e. The van der Waals surface area contributed by atoms with Gasteiger partial charge in [0.1, 0.15) is 0 Å². The minimum atomic E-state index is -4.16. The third-order valence-electron chi connectivity index (χ3n) is 3.69. The Bertz CT molecular complexity index is 424. The van der Waals surface area contributed by atoms with E-state index in [9.17, 15) is 13.2 Å². The summed E-state index contributed by atoms with van der Waals surface area (Å²) in [5, 5.41) is 0. The quantitative estimate of drug-likeness (QED) is 0.869. The number of alkyl halides is 3. The number of aryl methyl sites for hydroxylation is 1. The molecule has 1 saturated carbocycles. The molecule has 1 aliphatic carbocycles. The van der Waals surface area contributed by atoms with Gasteiger partial charge in [0, 0.05) is 18.6 Å². The molecule has 2 rings (SSSR count). The SMILES string of the molecule is CCc1ccc(C(N)CN(CC(F)(F)F)C2CC2)cc1. The summed E-state index contributed by atoms with van der Waals surface area (Å²) in [6, 6.07) is 7.49. The van der Waals surface area contributed by atoms with Crippen molar-refractivity contribution in [2.45, 2.75) is 44.4 Å². The van der Waals surface area contributed by atoms with Crippen LogP contribution in [0, 0.1) is 0 Å². The van der Waals surface area contributed by atoms with Gasteiger partial charge in [0.05, 0.1) is 6.54 Å². The van der Waals surface area contributed by atoms with Gasteiger partial charge in [0.2, 0.25) is 0 Å². The van der Waals surface area contributed by atoms with E-state index in [0.29, 0.717) is 0 Å². The van der Waals surface area contributed by atoms with Crippen LogP contribution in [0.4, 0.5) is 13.2 Å². The lowest BCUT2D eigenvalue weighted by Crippen LogP contribution is -2.40. The zero-order valence-electron chi connectivity index (χ0n) is 11.7. The molecule has 20 heavy (non-hydrogen) atoms. The van der Waals surface area contributed by atoms with Gasteiger partial charge in [-0.3, -0.25) is 4.90 Å². The first kappa shape index (κ1) is 15.3. The Kier molecular flexibility index (Phi) is 4.70. The molecule has 0 amide bonds. The highest BCUT2D eigenvalue weighted by Crippen LogP contribution is 2.31. The van der Waals surface area contributed by atoms with Crippen LogP contribution in [-0.4, -0.2) is 30.2 Å². The minimum absolute atomic E-state index is 0.0533. The van der Waals surface area contributed by atoms with Crippen LogP contribution in [0.15, 0.2) is 24.3 Å². The van der Waals surface area contributed by atoms with Gasteiger partial charge in [-0.15, -0.1) is 0 Å². The summed E-state index contributed by atoms with van der Waals surface area (Å²) in [7, 11) is 0. The normalized spacial score (nSPS) is 17.5. The van der Waals surface area contributed by atoms with Gasteiger partial charge in [0.25, 0.3) is 0 Å². The van der Waals surface area contributed by atoms with Gasteiger partial charge >= 0.3 is 6.18 Å². The van der Waals surface area contributed by atoms with Gasteiger partial charge in [-0.05, 0) is 30.4 Å². The number of nitrogens with zero attached hydrogens (tertiary/aromatic N) is 1. The Hall–Kier alpha value is -1.07. The molecule has 1 aromatic carbocycles. The number of hydrogen-bond acceptors (Lipinski definition) is 2. The van der Waals surface area contributed by atoms with Crippen molar-refractivity contribution in [2.75, 3.05) is 13.1 Å². The largest absolute Gasteiger partial charge is 0.401 e. The molecule has 112 valence electrons. The molecular weight excluding hydrogens is 265 g/mol. The molecule has 0 aromatic heterocycles. The van der Waals surface area contributed by atoms with Gasteiger partial charge < -0.3 is 5.73 Å². The van der Waals surface area contributed by atoms with E-state index in [-0.39, 0.29) is 18.6 Å². The lowest BCUT2D eigenvalue weighted by molar-refractivity contribution is -0.147. The van der Waals surface area contributed by atoms with Gasteiger partial charge in [-0.25, -0.2) is 0 Å². The summed E-state index contributed by atoms with van der Waals surface area (Å²) in [6.07, 6.45) is -1.53. The number of nitrogens with two attached hydrogens (primary N) is 1. The fourth-order valence-electron chi connectivity index (χ4n) is 2.37. The Labute approximate surface area is 117 Å². The molecule has 0 radical (unpaired) electrons. The van der Waals surface area contributed by atoms with Crippen molar-refractivity contribution in [3.63, 3.8) is 0 Å². The summed E-state index contributed by atoms with van der Waals surface area (Å²) in [5.74, 6) is 0. The number of benzene rings is 1. The van der Waals surface area contributed by atoms with Crippen LogP contribution in [0.1, 0.15) is 36.9 Å². The van der Waals surface area contributed by atoms with Crippen LogP contribution in [0.5, 0.6) is 0 Å². The molecular formula is C15H21F3N2. The molecule has 5 heteroatoms. The predicted octanol–water partition coefficient (Wildman–Crippen LogP) is 3.28. The van der Waals surface area contributed by atoms with Crippen molar-refractivity contribution in [3.8, 4) is 0 Å². The van der Waals surface area contributed by atoms with Gasteiger partial charge in [0.15, 0.2) is 0 Å². The monoisotopic (exact) mass is 286 g/mol. The van der Waals surface area contributed by atoms with Crippen LogP contribution < -0.4 is 5.73 Å². The lowest BCUT2D eigenvalue weighted by atomic mass is 10.0. The third-order valence-corrected chi connectivity index (χ3v) is 3.69. The molecule has 1 fully saturated rings. The molecule has 1 aromatic rings. The van der Waals surface area contributed by atoms with E-state index in [2.05, 4.69) is 6.92 Å². The first-order valence-corrected chi connectivity index (χ1v) is 7.04. The van der Waals surface area contributed by atoms with E-state index in [1.807, 2.05) is 24.3 Å². The molecule has 2 nitrogen and oxygen atoms in total. The Morgan fingerprint density at radius 1 is 1.25 bits per heavy atom. The summed E-state index contributed by atoms with van der Waals surface area (Å²) < 4.78 is 37.7. The van der Waals surface area contributed by atoms with Crippen molar-refractivity contribution in [1.82, 2.24) is 4.90 Å². The summed E-state index contributed by atoms with van der Waals surface area (Å²) in [5.41, 5.74) is 8.16. The first-order valence-electron chi connectivity index (χ1n) is 7.04. The number of hydrogen-bond donors (Lipinski definition) is 1. The topological polar surface area (TPSA) is 29.3 Å². The van der Waals surface area contributed by atoms with E-state index in [1.165, 1.54) is 10.5 Å². The second kappa shape index (κ2) is 6.14. The molecule has 0 saturated heterocycles. The highest BCUT2D eigenvalue weighted by Gasteiger charge is 2.38. The average molecular weight is 286 g/mol. The van der Waals surface area contributed by atoms with Crippen molar-refractivity contribution >= 4 is 0 Å². The second-order valence-electron chi connectivity index (χ2n) is 5.48. The van der Waals surface area contributed by atoms with E-state index in [0.717, 1.165) is 24.8 Å². The van der Waals surface area contributed by atoms with Crippen LogP contribution in [0.3, 0.4) is 0 Å². The lowest BCUT2D eigenvalue weighted by Gasteiger charge is -2.26. The fourth-order valence-corrected chi connectivity index (χ4v) is 2.37. The van der Waals surface area contributed by atoms with Gasteiger partial charge in [-0.1, -0.05) is 31.2 Å². The minimum Gasteiger partial charge on any atom is -0.323 e. The van der Waals surface area contributed by atoms with Crippen LogP contribution >= 0.6 is 0 Å². The fraction of sp³-hybridized carbons (Fsp3) is 0.600. The Morgan fingerprint density at radius 3 is 2.30 bits per heavy atom. The van der Waals surface area contributed by atoms with E-state index in [1.54, 1.807) is 0 Å². The molecule has 0 bridgehead atoms. The highest BCUT2D eigenvalue weighted by molar-refractivity contribution is 5.25. The van der Waals surface area contributed by atoms with Gasteiger partial charge in [-0.2, -0.15) is 13.2 Å². The number of rotatable bonds is 6. The zero-order chi connectivity index (χ0) is 14.8. The molecule has 1 aliphatic rings. The summed E-state index contributed by atoms with van der Waals surface area (Å²) in [6.45, 7) is 1.46. The van der Waals surface area contributed by atoms with Crippen molar-refractivity contribution in [1.29, 1.82) is 0 Å². The predicted molar refractivity (Wildman–Crippen MR) is 73.4 cm³/mol. The summed E-state index contributed by atoms with van der Waals surface area (Å²) in [4.78, 5) is 1.47. The average Bonchev–Trinajstić information content (AvgIpc) is 3.20. The standard InChI is InChI=1S/C15H21F3N2/c1-2-11-3-5-12(6-4-11)14(19)9-20(13-7-8-13)10-15(16,17)18/h3-6,13-14H,2,7-10,19H2,1H3. The zero-order valence-corrected chi connectivity index (χ0v) is 11.7. The van der Waals surface area contributed by atoms with Crippen molar-refractivity contribution in [2.24, 2.45) is 5.73 Å². The van der Waals surface area contributed by atoms with Crippen LogP contribution in [0.25, 0.3) is 0 Å². The maximum absolute atomic E-state index is 12.6. The Balaban J connectivity index is 1.98. The third kappa shape index (κ3) is 4.49. The first-order chi connectivity index (χ1) is 9.39. The summed E-state index contributed by atoms with van der Waals surface area (Å²) >= 11 is 0. The Morgan fingerprint density at radius 2 is 1.85 bits per heavy atom. The highest BCUT2D eigenvalue weighted by atomic mass is 19.4. The van der Waals surface area contributed by atoms with Crippen LogP contribution in [0.2, 0.25) is 0 Å². The molecule has 1 atom stereocenters. The van der Waals surface area contributed by atoms with E-state index < -0.39 is 12.7 Å². The number of halogens is 3. The van der Waals surface area contributed by atoms with Crippen LogP contribution in [-0.2, 0) is 6.42 Å². The maximum atomic E-state index is 12.6. The molecule has 1 unspecified atom stereocenters. The smallest absolute Gasteiger partial charge is 0.323 e. The van der Waals surface area contributed by atoms with Crippen molar-refractivity contribution < 1.29 is 13.2 Å². The molecule has 2 N–H and O–H groups in total. The molecule has 0 spiro atoms. The van der Waals surface area contributed by atoms with E-state index in [4.69, 9.17) is 5.73 Å². The second-order valence-corrected chi connectivity index (χ2v) is 5.48. The molecule has 0 heterocycles. The van der Waals surface area contributed by atoms with E-state index >= 15 is 0 Å². The molecule has 0 aliphatic heterocycles.